The molecule has 2 aromatic carbocycles. The number of hydrogen-bond donors (Lipinski definition) is 2. The van der Waals surface area contributed by atoms with Crippen molar-refractivity contribution in [2.75, 3.05) is 32.9 Å². The van der Waals surface area contributed by atoms with E-state index < -0.39 is 0 Å². The Labute approximate surface area is 171 Å². The van der Waals surface area contributed by atoms with Gasteiger partial charge in [0, 0.05) is 24.9 Å². The second-order valence-corrected chi connectivity index (χ2v) is 8.14. The van der Waals surface area contributed by atoms with Gasteiger partial charge in [-0.05, 0) is 41.3 Å². The maximum atomic E-state index is 12.2. The Hall–Kier alpha value is -2.89. The minimum atomic E-state index is -0.229. The van der Waals surface area contributed by atoms with Crippen LogP contribution in [0.15, 0.2) is 36.4 Å². The van der Waals surface area contributed by atoms with Crippen molar-refractivity contribution in [3.63, 3.8) is 0 Å². The van der Waals surface area contributed by atoms with Gasteiger partial charge in [-0.1, -0.05) is 32.0 Å². The molecule has 0 spiro atoms. The first-order valence-corrected chi connectivity index (χ1v) is 10.2. The van der Waals surface area contributed by atoms with E-state index in [9.17, 15) is 4.79 Å². The molecule has 0 fully saturated rings. The highest BCUT2D eigenvalue weighted by atomic mass is 16.6. The van der Waals surface area contributed by atoms with Gasteiger partial charge in [-0.25, -0.2) is 4.79 Å². The minimum Gasteiger partial charge on any atom is -0.493 e. The lowest BCUT2D eigenvalue weighted by molar-refractivity contribution is 0.171. The van der Waals surface area contributed by atoms with E-state index in [2.05, 4.69) is 36.6 Å². The molecule has 2 amide bonds. The summed E-state index contributed by atoms with van der Waals surface area (Å²) in [7, 11) is 0. The number of carbonyl (C=O) groups excluding carboxylic acids is 1. The molecule has 0 atom stereocenters. The molecule has 2 N–H and O–H groups in total. The maximum Gasteiger partial charge on any atom is 0.314 e. The van der Waals surface area contributed by atoms with Crippen LogP contribution in [0, 0.1) is 0 Å². The molecule has 2 aliphatic heterocycles. The average molecular weight is 396 g/mol. The quantitative estimate of drug-likeness (QED) is 0.787. The fourth-order valence-corrected chi connectivity index (χ4v) is 3.65. The summed E-state index contributed by atoms with van der Waals surface area (Å²) >= 11 is 0. The van der Waals surface area contributed by atoms with Crippen LogP contribution in [-0.2, 0) is 18.3 Å². The highest BCUT2D eigenvalue weighted by Gasteiger charge is 2.24. The zero-order valence-corrected chi connectivity index (χ0v) is 17.0. The lowest BCUT2D eigenvalue weighted by Gasteiger charge is -2.28. The van der Waals surface area contributed by atoms with E-state index in [-0.39, 0.29) is 11.4 Å². The minimum absolute atomic E-state index is 0.153. The molecule has 4 rings (SSSR count). The Balaban J connectivity index is 1.25. The summed E-state index contributed by atoms with van der Waals surface area (Å²) in [5.74, 6) is 2.53. The number of carbonyl (C=O) groups is 1. The molecule has 154 valence electrons. The topological polar surface area (TPSA) is 68.8 Å². The number of rotatable bonds is 6. The van der Waals surface area contributed by atoms with Crippen LogP contribution in [0.1, 0.15) is 30.5 Å². The van der Waals surface area contributed by atoms with Gasteiger partial charge in [-0.2, -0.15) is 0 Å². The summed E-state index contributed by atoms with van der Waals surface area (Å²) in [4.78, 5) is 12.2. The Morgan fingerprint density at radius 2 is 1.69 bits per heavy atom. The number of hydrogen-bond acceptors (Lipinski definition) is 4. The first-order chi connectivity index (χ1) is 14.0. The summed E-state index contributed by atoms with van der Waals surface area (Å²) in [5.41, 5.74) is 3.34. The lowest BCUT2D eigenvalue weighted by atomic mass is 9.84. The standard InChI is InChI=1S/C23H28N2O4/c1-23(2,18-4-6-20-21(14-18)29-12-11-28-20)15-25-22(26)24-9-7-16-3-5-19-17(13-16)8-10-27-19/h3-6,13-14H,7-12,15H2,1-2H3,(H2,24,25,26). The van der Waals surface area contributed by atoms with E-state index in [0.717, 1.165) is 42.3 Å². The average Bonchev–Trinajstić information content (AvgIpc) is 3.20. The number of amides is 2. The molecule has 2 aromatic rings. The van der Waals surface area contributed by atoms with Crippen LogP contribution in [0.2, 0.25) is 0 Å². The fourth-order valence-electron chi connectivity index (χ4n) is 3.65. The van der Waals surface area contributed by atoms with Gasteiger partial charge in [-0.15, -0.1) is 0 Å². The SMILES string of the molecule is CC(C)(CNC(=O)NCCc1ccc2c(c1)CCO2)c1ccc2c(c1)OCCO2. The van der Waals surface area contributed by atoms with Crippen LogP contribution in [0.3, 0.4) is 0 Å². The Kier molecular flexibility index (Phi) is 5.51. The van der Waals surface area contributed by atoms with Crippen molar-refractivity contribution in [2.24, 2.45) is 0 Å². The molecule has 0 bridgehead atoms. The molecule has 6 heteroatoms. The third-order valence-corrected chi connectivity index (χ3v) is 5.47. The Morgan fingerprint density at radius 3 is 2.55 bits per heavy atom. The summed E-state index contributed by atoms with van der Waals surface area (Å²) in [6, 6.07) is 12.1. The monoisotopic (exact) mass is 396 g/mol. The first-order valence-electron chi connectivity index (χ1n) is 10.2. The largest absolute Gasteiger partial charge is 0.493 e. The van der Waals surface area contributed by atoms with Crippen molar-refractivity contribution in [1.82, 2.24) is 10.6 Å². The molecular weight excluding hydrogens is 368 g/mol. The lowest BCUT2D eigenvalue weighted by Crippen LogP contribution is -2.42. The second-order valence-electron chi connectivity index (χ2n) is 8.14. The van der Waals surface area contributed by atoms with E-state index in [1.807, 2.05) is 24.3 Å². The zero-order valence-electron chi connectivity index (χ0n) is 17.0. The predicted molar refractivity (Wildman–Crippen MR) is 111 cm³/mol. The van der Waals surface area contributed by atoms with Gasteiger partial charge >= 0.3 is 6.03 Å². The van der Waals surface area contributed by atoms with Crippen LogP contribution in [-0.4, -0.2) is 38.9 Å². The molecule has 0 aliphatic carbocycles. The van der Waals surface area contributed by atoms with Crippen molar-refractivity contribution in [2.45, 2.75) is 32.1 Å². The smallest absolute Gasteiger partial charge is 0.314 e. The molecule has 6 nitrogen and oxygen atoms in total. The van der Waals surface area contributed by atoms with Gasteiger partial charge < -0.3 is 24.8 Å². The summed E-state index contributed by atoms with van der Waals surface area (Å²) in [6.45, 7) is 7.23. The molecule has 0 saturated carbocycles. The van der Waals surface area contributed by atoms with E-state index in [4.69, 9.17) is 14.2 Å². The third kappa shape index (κ3) is 4.58. The van der Waals surface area contributed by atoms with Gasteiger partial charge in [0.05, 0.1) is 6.61 Å². The van der Waals surface area contributed by atoms with Gasteiger partial charge in [0.25, 0.3) is 0 Å². The van der Waals surface area contributed by atoms with Crippen LogP contribution in [0.4, 0.5) is 4.79 Å². The van der Waals surface area contributed by atoms with Crippen molar-refractivity contribution in [1.29, 1.82) is 0 Å². The molecular formula is C23H28N2O4. The highest BCUT2D eigenvalue weighted by molar-refractivity contribution is 5.74. The molecule has 0 aromatic heterocycles. The summed E-state index contributed by atoms with van der Waals surface area (Å²) in [5, 5.41) is 5.93. The van der Waals surface area contributed by atoms with Crippen LogP contribution in [0.5, 0.6) is 17.2 Å². The second kappa shape index (κ2) is 8.23. The van der Waals surface area contributed by atoms with Crippen LogP contribution >= 0.6 is 0 Å². The Bertz CT molecular complexity index is 894. The third-order valence-electron chi connectivity index (χ3n) is 5.47. The van der Waals surface area contributed by atoms with Crippen LogP contribution < -0.4 is 24.8 Å². The van der Waals surface area contributed by atoms with Gasteiger partial charge in [0.2, 0.25) is 0 Å². The summed E-state index contributed by atoms with van der Waals surface area (Å²) in [6.07, 6.45) is 1.76. The Morgan fingerprint density at radius 1 is 0.931 bits per heavy atom. The first kappa shape index (κ1) is 19.4. The van der Waals surface area contributed by atoms with Gasteiger partial charge in [-0.3, -0.25) is 0 Å². The van der Waals surface area contributed by atoms with Gasteiger partial charge in [0.15, 0.2) is 11.5 Å². The predicted octanol–water partition coefficient (Wildman–Crippen LogP) is 3.21. The molecule has 0 unspecified atom stereocenters. The molecule has 2 heterocycles. The van der Waals surface area contributed by atoms with E-state index in [0.29, 0.717) is 26.3 Å². The molecule has 29 heavy (non-hydrogen) atoms. The van der Waals surface area contributed by atoms with Crippen molar-refractivity contribution >= 4 is 6.03 Å². The van der Waals surface area contributed by atoms with Crippen molar-refractivity contribution in [3.05, 3.63) is 53.1 Å². The highest BCUT2D eigenvalue weighted by Crippen LogP contribution is 2.34. The number of benzene rings is 2. The van der Waals surface area contributed by atoms with E-state index >= 15 is 0 Å². The van der Waals surface area contributed by atoms with Gasteiger partial charge in [0.1, 0.15) is 19.0 Å². The van der Waals surface area contributed by atoms with E-state index in [1.54, 1.807) is 0 Å². The number of nitrogens with one attached hydrogen (secondary N) is 2. The van der Waals surface area contributed by atoms with Crippen molar-refractivity contribution in [3.8, 4) is 17.2 Å². The fraction of sp³-hybridized carbons (Fsp3) is 0.435. The normalized spacial score (nSPS) is 14.7. The van der Waals surface area contributed by atoms with E-state index in [1.165, 1.54) is 11.1 Å². The summed E-state index contributed by atoms with van der Waals surface area (Å²) < 4.78 is 16.8. The zero-order chi connectivity index (χ0) is 20.3. The molecule has 0 radical (unpaired) electrons. The molecule has 2 aliphatic rings. The molecule has 0 saturated heterocycles. The number of ether oxygens (including phenoxy) is 3. The van der Waals surface area contributed by atoms with Crippen LogP contribution in [0.25, 0.3) is 0 Å². The number of fused-ring (bicyclic) bond motifs is 2. The van der Waals surface area contributed by atoms with Crippen molar-refractivity contribution < 1.29 is 19.0 Å². The number of urea groups is 1. The maximum absolute atomic E-state index is 12.2.